The van der Waals surface area contributed by atoms with Crippen LogP contribution in [0.4, 0.5) is 0 Å². The van der Waals surface area contributed by atoms with Gasteiger partial charge in [-0.1, -0.05) is 134 Å². The Labute approximate surface area is 537 Å². The number of allylic oxidation sites excluding steroid dienone is 4. The Balaban J connectivity index is 0.920. The van der Waals surface area contributed by atoms with Crippen LogP contribution in [0.3, 0.4) is 0 Å². The van der Waals surface area contributed by atoms with Crippen molar-refractivity contribution in [3.8, 4) is 17.6 Å². The summed E-state index contributed by atoms with van der Waals surface area (Å²) in [6.07, 6.45) is 21.3. The molecule has 2 saturated carbocycles. The van der Waals surface area contributed by atoms with Gasteiger partial charge in [-0.15, -0.1) is 0 Å². The molecule has 2 fully saturated rings. The van der Waals surface area contributed by atoms with Crippen LogP contribution < -0.4 is 10.4 Å². The third kappa shape index (κ3) is 9.28. The van der Waals surface area contributed by atoms with E-state index in [0.717, 1.165) is 48.8 Å². The summed E-state index contributed by atoms with van der Waals surface area (Å²) in [4.78, 5) is 47.1. The molecule has 7 aliphatic carbocycles. The molecule has 0 saturated heterocycles. The number of fused-ring (bicyclic) bond motifs is 14. The van der Waals surface area contributed by atoms with Crippen molar-refractivity contribution < 1.29 is 53.4 Å². The number of aliphatic hydroxyl groups excluding tert-OH is 4. The molecule has 12 nitrogen and oxygen atoms in total. The van der Waals surface area contributed by atoms with Crippen molar-refractivity contribution in [2.45, 2.75) is 157 Å². The van der Waals surface area contributed by atoms with E-state index >= 15 is 9.59 Å². The first-order valence-electron chi connectivity index (χ1n) is 33.9. The molecule has 14 atom stereocenters. The molecule has 0 radical (unpaired) electrons. The third-order valence-corrected chi connectivity index (χ3v) is 24.1. The van der Waals surface area contributed by atoms with E-state index in [9.17, 15) is 25.2 Å². The number of aryl methyl sites for hydroxylation is 1. The fourth-order valence-corrected chi connectivity index (χ4v) is 20.2. The van der Waals surface area contributed by atoms with Gasteiger partial charge in [0, 0.05) is 65.1 Å². The van der Waals surface area contributed by atoms with E-state index in [1.807, 2.05) is 0 Å². The topological polar surface area (TPSA) is 182 Å². The second-order valence-corrected chi connectivity index (χ2v) is 28.1. The minimum Gasteiger partial charge on any atom is -0.481 e. The molecule has 16 rings (SSSR count). The van der Waals surface area contributed by atoms with E-state index in [2.05, 4.69) is 127 Å². The normalized spacial score (nSPS) is 31.1. The molecule has 12 heteroatoms. The average Bonchev–Trinajstić information content (AvgIpc) is 0.987. The van der Waals surface area contributed by atoms with Gasteiger partial charge in [0.05, 0.1) is 31.8 Å². The first-order chi connectivity index (χ1) is 45.1. The van der Waals surface area contributed by atoms with Gasteiger partial charge < -0.3 is 43.8 Å². The fraction of sp³-hybridized carbons (Fsp3) is 0.438. The number of hydrogen-bond donors (Lipinski definition) is 4. The summed E-state index contributed by atoms with van der Waals surface area (Å²) in [6, 6.07) is 32.7. The van der Waals surface area contributed by atoms with E-state index in [1.54, 1.807) is 19.1 Å². The van der Waals surface area contributed by atoms with Crippen molar-refractivity contribution in [1.82, 2.24) is 0 Å². The Morgan fingerprint density at radius 1 is 0.750 bits per heavy atom. The lowest BCUT2D eigenvalue weighted by Gasteiger charge is -2.55. The van der Waals surface area contributed by atoms with Crippen LogP contribution in [0.1, 0.15) is 185 Å². The molecule has 4 N–H and O–H groups in total. The van der Waals surface area contributed by atoms with Crippen LogP contribution in [0.2, 0.25) is 0 Å². The van der Waals surface area contributed by atoms with Crippen LogP contribution in [-0.2, 0) is 61.5 Å². The average molecular weight is 1230 g/mol. The molecule has 472 valence electrons. The maximum absolute atomic E-state index is 16.3. The maximum Gasteiger partial charge on any atom is 0.340 e. The van der Waals surface area contributed by atoms with Crippen LogP contribution in [0.15, 0.2) is 136 Å². The van der Waals surface area contributed by atoms with Gasteiger partial charge in [-0.05, 0) is 198 Å². The van der Waals surface area contributed by atoms with E-state index in [1.165, 1.54) is 57.3 Å². The molecule has 4 heterocycles. The second-order valence-electron chi connectivity index (χ2n) is 28.1. The quantitative estimate of drug-likeness (QED) is 0.0269. The second kappa shape index (κ2) is 23.7. The molecule has 3 aliphatic heterocycles. The molecule has 5 aromatic carbocycles. The van der Waals surface area contributed by atoms with Crippen molar-refractivity contribution in [3.05, 3.63) is 215 Å². The highest BCUT2D eigenvalue weighted by Gasteiger charge is 2.64. The highest BCUT2D eigenvalue weighted by atomic mass is 16.6. The van der Waals surface area contributed by atoms with Gasteiger partial charge in [0.1, 0.15) is 18.1 Å². The molecule has 0 amide bonds. The third-order valence-electron chi connectivity index (χ3n) is 24.1. The maximum atomic E-state index is 16.3. The molecule has 4 bridgehead atoms. The highest BCUT2D eigenvalue weighted by molar-refractivity contribution is 5.91. The minimum atomic E-state index is -1.48. The van der Waals surface area contributed by atoms with Crippen molar-refractivity contribution >= 4 is 35.1 Å². The zero-order valence-electron chi connectivity index (χ0n) is 52.2. The number of hydrogen-bond acceptors (Lipinski definition) is 12. The number of ether oxygens (including phenoxy) is 4. The lowest BCUT2D eigenvalue weighted by molar-refractivity contribution is -0.205. The van der Waals surface area contributed by atoms with Crippen molar-refractivity contribution in [2.24, 2.45) is 35.5 Å². The largest absolute Gasteiger partial charge is 0.481 e. The van der Waals surface area contributed by atoms with E-state index in [-0.39, 0.29) is 114 Å². The predicted octanol–water partition coefficient (Wildman–Crippen LogP) is 12.8. The molecule has 6 aromatic rings. The summed E-state index contributed by atoms with van der Waals surface area (Å²) in [5.74, 6) is 5.88. The van der Waals surface area contributed by atoms with Crippen LogP contribution in [0, 0.1) is 47.3 Å². The van der Waals surface area contributed by atoms with Gasteiger partial charge in [0.25, 0.3) is 0 Å². The summed E-state index contributed by atoms with van der Waals surface area (Å²) >= 11 is 0. The fourth-order valence-electron chi connectivity index (χ4n) is 20.2. The minimum absolute atomic E-state index is 0.00362. The summed E-state index contributed by atoms with van der Waals surface area (Å²) in [5.41, 5.74) is 12.9. The molecule has 92 heavy (non-hydrogen) atoms. The van der Waals surface area contributed by atoms with Gasteiger partial charge in [-0.2, -0.15) is 0 Å². The lowest BCUT2D eigenvalue weighted by atomic mass is 9.48. The summed E-state index contributed by atoms with van der Waals surface area (Å²) in [5, 5.41) is 42.8. The zero-order valence-corrected chi connectivity index (χ0v) is 52.2. The number of rotatable bonds is 9. The monoisotopic (exact) mass is 1230 g/mol. The van der Waals surface area contributed by atoms with Crippen molar-refractivity contribution in [3.63, 3.8) is 0 Å². The van der Waals surface area contributed by atoms with Gasteiger partial charge in [0.2, 0.25) is 0 Å². The number of aliphatic hydroxyl groups is 4. The predicted molar refractivity (Wildman–Crippen MR) is 349 cm³/mol. The Bertz CT molecular complexity index is 4250. The Morgan fingerprint density at radius 2 is 1.58 bits per heavy atom. The number of benzene rings is 5. The molecular weight excluding hydrogens is 1150 g/mol. The highest BCUT2D eigenvalue weighted by Crippen LogP contribution is 2.64. The van der Waals surface area contributed by atoms with E-state index in [4.69, 9.17) is 23.4 Å². The molecule has 14 unspecified atom stereocenters. The first kappa shape index (κ1) is 59.4. The van der Waals surface area contributed by atoms with Gasteiger partial charge in [-0.25, -0.2) is 9.59 Å². The summed E-state index contributed by atoms with van der Waals surface area (Å²) in [6.45, 7) is -0.341. The SMILES string of the molecule is CC(CO)=C1CCc2ccc3c4c2CCC2C5C=Cc6ccccc6C5CC2C2(CC#CC4)Oc4ccc5c(CO)c(C(CCO)COCO)c(=O)oc5c4C(OC(=O)CC4CC(c5cccc6c5CCC5CCCC7C=Cc8ccccc8C675)C=CC34)C2OC1=O. The molecule has 10 aliphatic rings. The number of carbonyl (C=O) groups is 2. The molecule has 1 aromatic heterocycles. The van der Waals surface area contributed by atoms with Crippen LogP contribution in [0.25, 0.3) is 23.1 Å². The van der Waals surface area contributed by atoms with E-state index < -0.39 is 61.3 Å². The van der Waals surface area contributed by atoms with Crippen LogP contribution >= 0.6 is 0 Å². The van der Waals surface area contributed by atoms with Gasteiger partial charge >= 0.3 is 17.6 Å². The van der Waals surface area contributed by atoms with Gasteiger partial charge in [-0.3, -0.25) is 4.79 Å². The lowest BCUT2D eigenvalue weighted by Crippen LogP contribution is -2.61. The van der Waals surface area contributed by atoms with Crippen molar-refractivity contribution in [2.75, 3.05) is 26.6 Å². The standard InChI is InChI=1S/C80H80O12/c1-45(41-82)54-26-20-47-22-28-60-58-27-23-49(56-16-9-18-68-62(56)30-25-53-13-8-12-52-24-19-48-11-3-5-17-67(48)80(52,53)68)38-51(58)39-71(85)89-75-73-70(34-33-64-66(42-83)72(78(87)90-74(64)73)50(35-37-81)43-88-44-84)92-79(76(75)91-77(54)86)36-7-6-15-59(60)57(47)31-32-63-61-29-21-46-10-2-4-14-55(46)65(61)40-69(63)79/h2-5,9-11,14,16-19,21-24,27-29,33-34,49-53,58,61,63,65,69,75-76,81-84H,8,12-13,15,20,25-26,30-32,35-44H2,1H3. The summed E-state index contributed by atoms with van der Waals surface area (Å²) in [7, 11) is 0. The Kier molecular flexibility index (Phi) is 15.3. The summed E-state index contributed by atoms with van der Waals surface area (Å²) < 4.78 is 34.4. The molecule has 2 spiro atoms. The van der Waals surface area contributed by atoms with E-state index in [0.29, 0.717) is 54.1 Å². The smallest absolute Gasteiger partial charge is 0.340 e. The van der Waals surface area contributed by atoms with Crippen LogP contribution in [0.5, 0.6) is 5.75 Å². The zero-order chi connectivity index (χ0) is 62.6. The Hall–Kier alpha value is -7.63. The number of carbonyl (C=O) groups excluding carboxylic acids is 2. The van der Waals surface area contributed by atoms with Gasteiger partial charge in [0.15, 0.2) is 17.8 Å². The molecular formula is C80H80O12. The van der Waals surface area contributed by atoms with Crippen LogP contribution in [-0.4, -0.2) is 70.7 Å². The van der Waals surface area contributed by atoms with Crippen molar-refractivity contribution in [1.29, 1.82) is 0 Å². The number of esters is 2. The Morgan fingerprint density at radius 3 is 2.43 bits per heavy atom. The first-order valence-corrected chi connectivity index (χ1v) is 33.9.